The number of nitrogens with zero attached hydrogens (tertiary/aromatic N) is 2. The zero-order valence-corrected chi connectivity index (χ0v) is 9.78. The molecule has 0 aliphatic carbocycles. The number of benzene rings is 1. The first kappa shape index (κ1) is 12.5. The molecule has 1 heterocycles. The molecule has 1 fully saturated rings. The Balaban J connectivity index is 2.32. The fourth-order valence-electron chi connectivity index (χ4n) is 2.21. The van der Waals surface area contributed by atoms with Crippen molar-refractivity contribution in [3.8, 4) is 0 Å². The van der Waals surface area contributed by atoms with Gasteiger partial charge >= 0.3 is 0 Å². The summed E-state index contributed by atoms with van der Waals surface area (Å²) in [6.45, 7) is 1.20. The Hall–Kier alpha value is -1.95. The average molecular weight is 250 g/mol. The van der Waals surface area contributed by atoms with Gasteiger partial charge in [-0.15, -0.1) is 0 Å². The molecule has 1 aliphatic rings. The average Bonchev–Trinajstić information content (AvgIpc) is 2.37. The number of hydrogen-bond donors (Lipinski definition) is 1. The second kappa shape index (κ2) is 5.14. The number of anilines is 1. The number of aldehydes is 1. The number of aliphatic hydroxyl groups excluding tert-OH is 1. The van der Waals surface area contributed by atoms with E-state index in [1.807, 2.05) is 4.90 Å². The van der Waals surface area contributed by atoms with Crippen LogP contribution in [0.2, 0.25) is 0 Å². The Labute approximate surface area is 104 Å². The number of carbonyl (C=O) groups excluding carboxylic acids is 1. The highest BCUT2D eigenvalue weighted by molar-refractivity contribution is 5.86. The fraction of sp³-hybridized carbons (Fsp3) is 0.417. The molecule has 1 aromatic rings. The molecule has 1 aromatic carbocycles. The third-order valence-electron chi connectivity index (χ3n) is 3.09. The molecule has 0 amide bonds. The minimum atomic E-state index is -0.526. The van der Waals surface area contributed by atoms with Gasteiger partial charge in [0.25, 0.3) is 5.69 Å². The minimum absolute atomic E-state index is 0.0987. The predicted octanol–water partition coefficient (Wildman–Crippen LogP) is 1.37. The van der Waals surface area contributed by atoms with Gasteiger partial charge in [-0.1, -0.05) is 0 Å². The van der Waals surface area contributed by atoms with Gasteiger partial charge < -0.3 is 10.0 Å². The van der Waals surface area contributed by atoms with E-state index in [2.05, 4.69) is 0 Å². The molecule has 1 unspecified atom stereocenters. The highest BCUT2D eigenvalue weighted by Crippen LogP contribution is 2.26. The van der Waals surface area contributed by atoms with E-state index in [0.29, 0.717) is 24.1 Å². The lowest BCUT2D eigenvalue weighted by Crippen LogP contribution is -2.38. The number of β-amino-alcohol motifs (C(OH)–C–C–N with tert-alkyl or cyclic N) is 1. The van der Waals surface area contributed by atoms with Crippen molar-refractivity contribution in [2.45, 2.75) is 18.9 Å². The third kappa shape index (κ3) is 2.48. The van der Waals surface area contributed by atoms with E-state index in [-0.39, 0.29) is 5.69 Å². The van der Waals surface area contributed by atoms with Gasteiger partial charge in [0.15, 0.2) is 6.29 Å². The van der Waals surface area contributed by atoms with Crippen LogP contribution in [0.25, 0.3) is 0 Å². The Morgan fingerprint density at radius 3 is 2.89 bits per heavy atom. The van der Waals surface area contributed by atoms with Crippen molar-refractivity contribution in [3.05, 3.63) is 33.9 Å². The first-order chi connectivity index (χ1) is 8.61. The van der Waals surface area contributed by atoms with Gasteiger partial charge in [-0.2, -0.15) is 0 Å². The van der Waals surface area contributed by atoms with E-state index in [1.165, 1.54) is 12.1 Å². The van der Waals surface area contributed by atoms with Crippen molar-refractivity contribution in [3.63, 3.8) is 0 Å². The summed E-state index contributed by atoms with van der Waals surface area (Å²) in [5.41, 5.74) is 0.839. The maximum absolute atomic E-state index is 11.0. The summed E-state index contributed by atoms with van der Waals surface area (Å²) in [4.78, 5) is 23.0. The van der Waals surface area contributed by atoms with Gasteiger partial charge in [-0.3, -0.25) is 14.9 Å². The second-order valence-corrected chi connectivity index (χ2v) is 4.36. The maximum atomic E-state index is 11.0. The van der Waals surface area contributed by atoms with Crippen molar-refractivity contribution < 1.29 is 14.8 Å². The van der Waals surface area contributed by atoms with Crippen LogP contribution >= 0.6 is 0 Å². The second-order valence-electron chi connectivity index (χ2n) is 4.36. The molecule has 18 heavy (non-hydrogen) atoms. The normalized spacial score (nSPS) is 19.6. The van der Waals surface area contributed by atoms with Crippen LogP contribution in [0.5, 0.6) is 0 Å². The fourth-order valence-corrected chi connectivity index (χ4v) is 2.21. The number of carbonyl (C=O) groups is 1. The van der Waals surface area contributed by atoms with Crippen molar-refractivity contribution in [2.24, 2.45) is 0 Å². The van der Waals surface area contributed by atoms with Gasteiger partial charge in [0, 0.05) is 36.5 Å². The lowest BCUT2D eigenvalue weighted by molar-refractivity contribution is -0.384. The molecule has 2 rings (SSSR count). The first-order valence-corrected chi connectivity index (χ1v) is 5.78. The highest BCUT2D eigenvalue weighted by atomic mass is 16.6. The molecule has 1 saturated heterocycles. The van der Waals surface area contributed by atoms with Crippen LogP contribution in [0.4, 0.5) is 11.4 Å². The Kier molecular flexibility index (Phi) is 3.57. The van der Waals surface area contributed by atoms with Gasteiger partial charge in [-0.25, -0.2) is 0 Å². The van der Waals surface area contributed by atoms with Crippen molar-refractivity contribution in [2.75, 3.05) is 18.0 Å². The van der Waals surface area contributed by atoms with Crippen LogP contribution in [0.3, 0.4) is 0 Å². The molecular formula is C12H14N2O4. The quantitative estimate of drug-likeness (QED) is 0.497. The summed E-state index contributed by atoms with van der Waals surface area (Å²) in [5, 5.41) is 20.3. The standard InChI is InChI=1S/C12H14N2O4/c15-8-9-6-10(14(17)18)3-4-12(9)13-5-1-2-11(16)7-13/h3-4,6,8,11,16H,1-2,5,7H2. The molecule has 6 nitrogen and oxygen atoms in total. The van der Waals surface area contributed by atoms with E-state index in [1.54, 1.807) is 6.07 Å². The number of hydrogen-bond acceptors (Lipinski definition) is 5. The van der Waals surface area contributed by atoms with E-state index in [9.17, 15) is 20.0 Å². The van der Waals surface area contributed by atoms with Crippen LogP contribution < -0.4 is 4.90 Å². The van der Waals surface area contributed by atoms with Gasteiger partial charge in [0.05, 0.1) is 11.0 Å². The molecular weight excluding hydrogens is 236 g/mol. The van der Waals surface area contributed by atoms with Crippen LogP contribution in [-0.4, -0.2) is 35.5 Å². The molecule has 1 aliphatic heterocycles. The Morgan fingerprint density at radius 2 is 2.28 bits per heavy atom. The molecule has 96 valence electrons. The molecule has 0 saturated carbocycles. The number of piperidine rings is 1. The molecule has 6 heteroatoms. The monoisotopic (exact) mass is 250 g/mol. The topological polar surface area (TPSA) is 83.7 Å². The molecule has 0 radical (unpaired) electrons. The summed E-state index contributed by atoms with van der Waals surface area (Å²) in [5.74, 6) is 0. The molecule has 0 aromatic heterocycles. The molecule has 0 spiro atoms. The molecule has 0 bridgehead atoms. The number of rotatable bonds is 3. The zero-order chi connectivity index (χ0) is 13.1. The SMILES string of the molecule is O=Cc1cc([N+](=O)[O-])ccc1N1CCCC(O)C1. The van der Waals surface area contributed by atoms with Gasteiger partial charge in [0.2, 0.25) is 0 Å². The molecule has 1 atom stereocenters. The van der Waals surface area contributed by atoms with Crippen molar-refractivity contribution >= 4 is 17.7 Å². The maximum Gasteiger partial charge on any atom is 0.270 e. The van der Waals surface area contributed by atoms with Crippen LogP contribution in [-0.2, 0) is 0 Å². The minimum Gasteiger partial charge on any atom is -0.391 e. The largest absolute Gasteiger partial charge is 0.391 e. The Bertz CT molecular complexity index is 475. The molecule has 1 N–H and O–H groups in total. The summed E-state index contributed by atoms with van der Waals surface area (Å²) in [7, 11) is 0. The summed E-state index contributed by atoms with van der Waals surface area (Å²) in [6.07, 6.45) is 1.80. The van der Waals surface area contributed by atoms with Crippen molar-refractivity contribution in [1.82, 2.24) is 0 Å². The number of nitro benzene ring substituents is 1. The van der Waals surface area contributed by atoms with E-state index >= 15 is 0 Å². The summed E-state index contributed by atoms with van der Waals surface area (Å²) < 4.78 is 0. The number of aliphatic hydroxyl groups is 1. The first-order valence-electron chi connectivity index (χ1n) is 5.78. The third-order valence-corrected chi connectivity index (χ3v) is 3.09. The summed E-state index contributed by atoms with van der Waals surface area (Å²) in [6, 6.07) is 4.21. The smallest absolute Gasteiger partial charge is 0.270 e. The van der Waals surface area contributed by atoms with Crippen molar-refractivity contribution in [1.29, 1.82) is 0 Å². The van der Waals surface area contributed by atoms with Crippen LogP contribution in [0.15, 0.2) is 18.2 Å². The number of nitro groups is 1. The van der Waals surface area contributed by atoms with Crippen LogP contribution in [0.1, 0.15) is 23.2 Å². The highest BCUT2D eigenvalue weighted by Gasteiger charge is 2.21. The lowest BCUT2D eigenvalue weighted by atomic mass is 10.1. The van der Waals surface area contributed by atoms with Gasteiger partial charge in [0.1, 0.15) is 0 Å². The lowest BCUT2D eigenvalue weighted by Gasteiger charge is -2.32. The van der Waals surface area contributed by atoms with Crippen LogP contribution in [0, 0.1) is 10.1 Å². The van der Waals surface area contributed by atoms with E-state index in [0.717, 1.165) is 19.4 Å². The van der Waals surface area contributed by atoms with Gasteiger partial charge in [-0.05, 0) is 18.9 Å². The Morgan fingerprint density at radius 1 is 1.50 bits per heavy atom. The predicted molar refractivity (Wildman–Crippen MR) is 65.9 cm³/mol. The summed E-state index contributed by atoms with van der Waals surface area (Å²) >= 11 is 0. The zero-order valence-electron chi connectivity index (χ0n) is 9.78. The number of non-ortho nitro benzene ring substituents is 1. The van der Waals surface area contributed by atoms with E-state index in [4.69, 9.17) is 0 Å². The van der Waals surface area contributed by atoms with E-state index < -0.39 is 11.0 Å².